The third-order valence-electron chi connectivity index (χ3n) is 5.18. The van der Waals surface area contributed by atoms with Crippen molar-refractivity contribution in [1.82, 2.24) is 4.98 Å². The van der Waals surface area contributed by atoms with Gasteiger partial charge in [-0.1, -0.05) is 17.7 Å². The van der Waals surface area contributed by atoms with Crippen molar-refractivity contribution in [3.8, 4) is 0 Å². The van der Waals surface area contributed by atoms with Gasteiger partial charge in [-0.05, 0) is 67.1 Å². The summed E-state index contributed by atoms with van der Waals surface area (Å²) in [5, 5.41) is 1.57. The minimum absolute atomic E-state index is 0.188. The van der Waals surface area contributed by atoms with Crippen LogP contribution in [-0.2, 0) is 6.42 Å². The highest BCUT2D eigenvalue weighted by Gasteiger charge is 2.22. The number of aromatic nitrogens is 1. The highest BCUT2D eigenvalue weighted by atomic mass is 35.5. The van der Waals surface area contributed by atoms with E-state index >= 15 is 0 Å². The molecule has 1 aliphatic rings. The number of nitrogens with two attached hydrogens (primary N) is 1. The maximum absolute atomic E-state index is 14.0. The molecule has 0 amide bonds. The van der Waals surface area contributed by atoms with E-state index in [0.29, 0.717) is 16.6 Å². The molecule has 2 N–H and O–H groups in total. The Balaban J connectivity index is 1.48. The second-order valence-corrected chi connectivity index (χ2v) is 7.39. The molecule has 26 heavy (non-hydrogen) atoms. The second-order valence-electron chi connectivity index (χ2n) is 6.99. The molecule has 1 aromatic heterocycles. The standard InChI is InChI=1S/C21H21ClFN3/c22-19-13-18(24)3-4-20(19)26-8-5-14(6-9-26)10-16-12-17(23)11-15-2-1-7-25-21(15)16/h1-4,7,11-14H,5-6,8-10,24H2. The molecule has 1 saturated heterocycles. The minimum Gasteiger partial charge on any atom is -0.399 e. The molecule has 0 radical (unpaired) electrons. The molecule has 2 heterocycles. The van der Waals surface area contributed by atoms with Crippen LogP contribution in [0.25, 0.3) is 10.9 Å². The van der Waals surface area contributed by atoms with Crippen molar-refractivity contribution in [3.63, 3.8) is 0 Å². The molecule has 1 fully saturated rings. The van der Waals surface area contributed by atoms with Gasteiger partial charge in [0, 0.05) is 30.4 Å². The van der Waals surface area contributed by atoms with Gasteiger partial charge < -0.3 is 10.6 Å². The molecule has 3 aromatic rings. The zero-order chi connectivity index (χ0) is 18.1. The fourth-order valence-electron chi connectivity index (χ4n) is 3.85. The molecule has 2 aromatic carbocycles. The van der Waals surface area contributed by atoms with Gasteiger partial charge in [0.15, 0.2) is 0 Å². The van der Waals surface area contributed by atoms with Gasteiger partial charge >= 0.3 is 0 Å². The van der Waals surface area contributed by atoms with Gasteiger partial charge in [-0.3, -0.25) is 4.98 Å². The van der Waals surface area contributed by atoms with Crippen LogP contribution in [0.15, 0.2) is 48.7 Å². The Morgan fingerprint density at radius 2 is 1.96 bits per heavy atom. The molecule has 5 heteroatoms. The van der Waals surface area contributed by atoms with E-state index in [2.05, 4.69) is 9.88 Å². The lowest BCUT2D eigenvalue weighted by atomic mass is 9.89. The van der Waals surface area contributed by atoms with E-state index in [1.54, 1.807) is 24.4 Å². The zero-order valence-corrected chi connectivity index (χ0v) is 15.2. The summed E-state index contributed by atoms with van der Waals surface area (Å²) in [6, 6.07) is 12.6. The monoisotopic (exact) mass is 369 g/mol. The van der Waals surface area contributed by atoms with E-state index in [1.165, 1.54) is 0 Å². The van der Waals surface area contributed by atoms with E-state index in [9.17, 15) is 4.39 Å². The number of piperidine rings is 1. The van der Waals surface area contributed by atoms with Crippen molar-refractivity contribution in [2.24, 2.45) is 5.92 Å². The summed E-state index contributed by atoms with van der Waals surface area (Å²) in [6.07, 6.45) is 4.72. The average molecular weight is 370 g/mol. The number of hydrogen-bond acceptors (Lipinski definition) is 3. The third-order valence-corrected chi connectivity index (χ3v) is 5.49. The quantitative estimate of drug-likeness (QED) is 0.655. The van der Waals surface area contributed by atoms with Gasteiger partial charge in [0.2, 0.25) is 0 Å². The van der Waals surface area contributed by atoms with Crippen molar-refractivity contribution in [1.29, 1.82) is 0 Å². The number of nitrogen functional groups attached to an aromatic ring is 1. The normalized spacial score (nSPS) is 15.5. The Labute approximate surface area is 157 Å². The highest BCUT2D eigenvalue weighted by molar-refractivity contribution is 6.33. The number of anilines is 2. The predicted octanol–water partition coefficient (Wildman–Crippen LogP) is 5.07. The summed E-state index contributed by atoms with van der Waals surface area (Å²) in [5.74, 6) is 0.331. The number of fused-ring (bicyclic) bond motifs is 1. The van der Waals surface area contributed by atoms with Crippen molar-refractivity contribution in [3.05, 3.63) is 65.1 Å². The summed E-state index contributed by atoms with van der Waals surface area (Å²) in [5.41, 5.74) is 9.42. The first kappa shape index (κ1) is 17.1. The van der Waals surface area contributed by atoms with Crippen molar-refractivity contribution in [2.75, 3.05) is 23.7 Å². The Bertz CT molecular complexity index is 936. The molecule has 3 nitrogen and oxygen atoms in total. The first-order valence-corrected chi connectivity index (χ1v) is 9.31. The van der Waals surface area contributed by atoms with Crippen molar-refractivity contribution < 1.29 is 4.39 Å². The third kappa shape index (κ3) is 3.47. The van der Waals surface area contributed by atoms with Gasteiger partial charge in [0.25, 0.3) is 0 Å². The smallest absolute Gasteiger partial charge is 0.124 e. The number of hydrogen-bond donors (Lipinski definition) is 1. The maximum Gasteiger partial charge on any atom is 0.124 e. The fourth-order valence-corrected chi connectivity index (χ4v) is 4.16. The van der Waals surface area contributed by atoms with E-state index in [4.69, 9.17) is 17.3 Å². The summed E-state index contributed by atoms with van der Waals surface area (Å²) < 4.78 is 14.0. The topological polar surface area (TPSA) is 42.1 Å². The van der Waals surface area contributed by atoms with Crippen LogP contribution >= 0.6 is 11.6 Å². The molecule has 0 aliphatic carbocycles. The highest BCUT2D eigenvalue weighted by Crippen LogP contribution is 2.32. The summed E-state index contributed by atoms with van der Waals surface area (Å²) in [4.78, 5) is 6.77. The predicted molar refractivity (Wildman–Crippen MR) is 106 cm³/mol. The number of rotatable bonds is 3. The second kappa shape index (κ2) is 7.12. The minimum atomic E-state index is -0.188. The first-order chi connectivity index (χ1) is 12.6. The SMILES string of the molecule is Nc1ccc(N2CCC(Cc3cc(F)cc4cccnc34)CC2)c(Cl)c1. The van der Waals surface area contributed by atoms with E-state index < -0.39 is 0 Å². The van der Waals surface area contributed by atoms with Crippen LogP contribution in [0.1, 0.15) is 18.4 Å². The zero-order valence-electron chi connectivity index (χ0n) is 14.5. The van der Waals surface area contributed by atoms with Crippen LogP contribution < -0.4 is 10.6 Å². The number of pyridine rings is 1. The summed E-state index contributed by atoms with van der Waals surface area (Å²) >= 11 is 6.34. The Hall–Kier alpha value is -2.33. The summed E-state index contributed by atoms with van der Waals surface area (Å²) in [7, 11) is 0. The molecule has 0 saturated carbocycles. The molecule has 4 rings (SSSR count). The first-order valence-electron chi connectivity index (χ1n) is 8.93. The lowest BCUT2D eigenvalue weighted by Gasteiger charge is -2.34. The van der Waals surface area contributed by atoms with Crippen LogP contribution in [0.2, 0.25) is 5.02 Å². The number of halogens is 2. The average Bonchev–Trinajstić information content (AvgIpc) is 2.62. The molecule has 134 valence electrons. The van der Waals surface area contributed by atoms with Crippen LogP contribution in [-0.4, -0.2) is 18.1 Å². The largest absolute Gasteiger partial charge is 0.399 e. The lowest BCUT2D eigenvalue weighted by Crippen LogP contribution is -2.34. The van der Waals surface area contributed by atoms with Gasteiger partial charge in [-0.25, -0.2) is 4.39 Å². The Morgan fingerprint density at radius 1 is 1.15 bits per heavy atom. The van der Waals surface area contributed by atoms with Crippen LogP contribution in [0, 0.1) is 11.7 Å². The molecule has 0 spiro atoms. The molecular formula is C21H21ClFN3. The molecule has 0 atom stereocenters. The molecule has 1 aliphatic heterocycles. The van der Waals surface area contributed by atoms with Crippen LogP contribution in [0.5, 0.6) is 0 Å². The van der Waals surface area contributed by atoms with Crippen molar-refractivity contribution >= 4 is 33.9 Å². The van der Waals surface area contributed by atoms with E-state index in [0.717, 1.165) is 54.5 Å². The van der Waals surface area contributed by atoms with Gasteiger partial charge in [-0.15, -0.1) is 0 Å². The van der Waals surface area contributed by atoms with E-state index in [-0.39, 0.29) is 5.82 Å². The van der Waals surface area contributed by atoms with Gasteiger partial charge in [0.1, 0.15) is 5.82 Å². The van der Waals surface area contributed by atoms with Gasteiger partial charge in [0.05, 0.1) is 16.2 Å². The Kier molecular flexibility index (Phi) is 4.68. The molecule has 0 bridgehead atoms. The molecule has 0 unspecified atom stereocenters. The lowest BCUT2D eigenvalue weighted by molar-refractivity contribution is 0.404. The Morgan fingerprint density at radius 3 is 2.73 bits per heavy atom. The van der Waals surface area contributed by atoms with Gasteiger partial charge in [-0.2, -0.15) is 0 Å². The number of nitrogens with zero attached hydrogens (tertiary/aromatic N) is 2. The van der Waals surface area contributed by atoms with E-state index in [1.807, 2.05) is 24.3 Å². The molecular weight excluding hydrogens is 349 g/mol. The van der Waals surface area contributed by atoms with Crippen LogP contribution in [0.3, 0.4) is 0 Å². The fraction of sp³-hybridized carbons (Fsp3) is 0.286. The van der Waals surface area contributed by atoms with Crippen LogP contribution in [0.4, 0.5) is 15.8 Å². The maximum atomic E-state index is 14.0. The number of benzene rings is 2. The van der Waals surface area contributed by atoms with Crippen molar-refractivity contribution in [2.45, 2.75) is 19.3 Å². The summed E-state index contributed by atoms with van der Waals surface area (Å²) in [6.45, 7) is 1.88.